The summed E-state index contributed by atoms with van der Waals surface area (Å²) in [6.07, 6.45) is -1.43. The van der Waals surface area contributed by atoms with Crippen LogP contribution in [0.4, 0.5) is 0 Å². The van der Waals surface area contributed by atoms with Gasteiger partial charge in [-0.1, -0.05) is 0 Å². The predicted molar refractivity (Wildman–Crippen MR) is 88.7 cm³/mol. The molecule has 0 aromatic rings. The second kappa shape index (κ2) is 12.2. The maximum absolute atomic E-state index is 11.9. The van der Waals surface area contributed by atoms with Crippen LogP contribution in [-0.4, -0.2) is 87.3 Å². The van der Waals surface area contributed by atoms with Crippen molar-refractivity contribution in [1.82, 2.24) is 16.0 Å². The van der Waals surface area contributed by atoms with Crippen LogP contribution < -0.4 is 21.7 Å². The van der Waals surface area contributed by atoms with E-state index in [4.69, 9.17) is 26.2 Å². The number of hydrogen-bond acceptors (Lipinski definition) is 8. The first-order valence-corrected chi connectivity index (χ1v) is 7.88. The minimum atomic E-state index is -1.78. The van der Waals surface area contributed by atoms with Gasteiger partial charge in [0.2, 0.25) is 17.7 Å². The van der Waals surface area contributed by atoms with E-state index in [1.807, 2.05) is 10.6 Å². The van der Waals surface area contributed by atoms with Crippen LogP contribution >= 0.6 is 0 Å². The van der Waals surface area contributed by atoms with E-state index in [1.165, 1.54) is 0 Å². The van der Waals surface area contributed by atoms with Gasteiger partial charge >= 0.3 is 17.9 Å². The maximum atomic E-state index is 11.9. The third kappa shape index (κ3) is 10.0. The Morgan fingerprint density at radius 3 is 1.93 bits per heavy atom. The first kappa shape index (κ1) is 24.7. The number of carboxylic acids is 3. The number of aliphatic hydroxyl groups is 1. The third-order valence-electron chi connectivity index (χ3n) is 3.26. The Morgan fingerprint density at radius 1 is 0.857 bits per heavy atom. The molecular weight excluding hydrogens is 384 g/mol. The van der Waals surface area contributed by atoms with Crippen LogP contribution in [0.15, 0.2) is 0 Å². The first-order valence-electron chi connectivity index (χ1n) is 7.88. The van der Waals surface area contributed by atoms with E-state index in [0.717, 1.165) is 0 Å². The number of carbonyl (C=O) groups is 6. The van der Waals surface area contributed by atoms with E-state index in [2.05, 4.69) is 5.32 Å². The highest BCUT2D eigenvalue weighted by molar-refractivity contribution is 5.93. The van der Waals surface area contributed by atoms with E-state index >= 15 is 0 Å². The molecular formula is C14H22N4O10. The summed E-state index contributed by atoms with van der Waals surface area (Å²) >= 11 is 0. The fourth-order valence-electron chi connectivity index (χ4n) is 1.80. The number of carbonyl (C=O) groups excluding carboxylic acids is 3. The molecule has 0 aromatic heterocycles. The highest BCUT2D eigenvalue weighted by Gasteiger charge is 2.28. The molecule has 0 spiro atoms. The summed E-state index contributed by atoms with van der Waals surface area (Å²) < 4.78 is 0. The summed E-state index contributed by atoms with van der Waals surface area (Å²) in [5, 5.41) is 41.1. The standard InChI is InChI=1S/C14H22N4O10/c15-6(1-2-10(21)22)12(25)16-4-9(20)17-8(5-19)13(26)18-7(14(27)28)3-11(23)24/h6-8,19H,1-5,15H2,(H,16,25)(H,17,20)(H,18,26)(H,21,22)(H,23,24)(H,27,28). The normalized spacial score (nSPS) is 13.5. The Hall–Kier alpha value is -3.26. The molecule has 158 valence electrons. The lowest BCUT2D eigenvalue weighted by atomic mass is 10.1. The fourth-order valence-corrected chi connectivity index (χ4v) is 1.80. The van der Waals surface area contributed by atoms with Crippen molar-refractivity contribution in [2.75, 3.05) is 13.2 Å². The van der Waals surface area contributed by atoms with Crippen molar-refractivity contribution in [2.45, 2.75) is 37.4 Å². The number of aliphatic carboxylic acids is 3. The molecule has 14 heteroatoms. The lowest BCUT2D eigenvalue weighted by molar-refractivity contribution is -0.147. The predicted octanol–water partition coefficient (Wildman–Crippen LogP) is -4.18. The molecule has 0 bridgehead atoms. The van der Waals surface area contributed by atoms with Gasteiger partial charge in [-0.3, -0.25) is 24.0 Å². The summed E-state index contributed by atoms with van der Waals surface area (Å²) in [5.41, 5.74) is 5.44. The smallest absolute Gasteiger partial charge is 0.326 e. The summed E-state index contributed by atoms with van der Waals surface area (Å²) in [6, 6.07) is -4.54. The minimum Gasteiger partial charge on any atom is -0.481 e. The van der Waals surface area contributed by atoms with E-state index in [0.29, 0.717) is 0 Å². The van der Waals surface area contributed by atoms with Crippen molar-refractivity contribution in [3.05, 3.63) is 0 Å². The van der Waals surface area contributed by atoms with Gasteiger partial charge < -0.3 is 42.1 Å². The second-order valence-electron chi connectivity index (χ2n) is 5.56. The molecule has 0 aliphatic carbocycles. The van der Waals surface area contributed by atoms with Crippen LogP contribution in [0.25, 0.3) is 0 Å². The molecule has 0 heterocycles. The lowest BCUT2D eigenvalue weighted by Crippen LogP contribution is -2.55. The van der Waals surface area contributed by atoms with Crippen LogP contribution in [-0.2, 0) is 28.8 Å². The topological polar surface area (TPSA) is 245 Å². The van der Waals surface area contributed by atoms with Crippen LogP contribution in [0, 0.1) is 0 Å². The Morgan fingerprint density at radius 2 is 1.46 bits per heavy atom. The third-order valence-corrected chi connectivity index (χ3v) is 3.26. The molecule has 3 unspecified atom stereocenters. The number of nitrogens with one attached hydrogen (secondary N) is 3. The van der Waals surface area contributed by atoms with Crippen molar-refractivity contribution in [3.8, 4) is 0 Å². The summed E-state index contributed by atoms with van der Waals surface area (Å²) in [4.78, 5) is 67.2. The average Bonchev–Trinajstić information content (AvgIpc) is 2.60. The minimum absolute atomic E-state index is 0.162. The van der Waals surface area contributed by atoms with Crippen molar-refractivity contribution in [1.29, 1.82) is 0 Å². The summed E-state index contributed by atoms with van der Waals surface area (Å²) in [5.74, 6) is -7.15. The molecule has 14 nitrogen and oxygen atoms in total. The number of carboxylic acid groups (broad SMARTS) is 3. The molecule has 9 N–H and O–H groups in total. The Balaban J connectivity index is 4.59. The Labute approximate surface area is 158 Å². The second-order valence-corrected chi connectivity index (χ2v) is 5.56. The van der Waals surface area contributed by atoms with Gasteiger partial charge in [-0.15, -0.1) is 0 Å². The number of rotatable bonds is 13. The average molecular weight is 406 g/mol. The molecule has 3 amide bonds. The van der Waals surface area contributed by atoms with Crippen LogP contribution in [0.3, 0.4) is 0 Å². The van der Waals surface area contributed by atoms with E-state index < -0.39 is 73.3 Å². The zero-order chi connectivity index (χ0) is 21.9. The molecule has 0 aliphatic rings. The molecule has 0 aliphatic heterocycles. The van der Waals surface area contributed by atoms with Gasteiger partial charge in [-0.25, -0.2) is 4.79 Å². The van der Waals surface area contributed by atoms with E-state index in [9.17, 15) is 28.8 Å². The van der Waals surface area contributed by atoms with Crippen molar-refractivity contribution in [3.63, 3.8) is 0 Å². The lowest BCUT2D eigenvalue weighted by Gasteiger charge is -2.19. The summed E-state index contributed by atoms with van der Waals surface area (Å²) in [7, 11) is 0. The molecule has 3 atom stereocenters. The number of aliphatic hydroxyl groups excluding tert-OH is 1. The quantitative estimate of drug-likeness (QED) is 0.146. The van der Waals surface area contributed by atoms with Crippen molar-refractivity contribution < 1.29 is 49.2 Å². The molecule has 0 radical (unpaired) electrons. The van der Waals surface area contributed by atoms with E-state index in [-0.39, 0.29) is 12.8 Å². The molecule has 28 heavy (non-hydrogen) atoms. The Bertz CT molecular complexity index is 623. The fraction of sp³-hybridized carbons (Fsp3) is 0.571. The largest absolute Gasteiger partial charge is 0.481 e. The van der Waals surface area contributed by atoms with Crippen molar-refractivity contribution in [2.24, 2.45) is 5.73 Å². The van der Waals surface area contributed by atoms with Crippen LogP contribution in [0.5, 0.6) is 0 Å². The van der Waals surface area contributed by atoms with Gasteiger partial charge in [-0.05, 0) is 6.42 Å². The molecule has 0 saturated carbocycles. The Kier molecular flexibility index (Phi) is 10.8. The zero-order valence-electron chi connectivity index (χ0n) is 14.6. The van der Waals surface area contributed by atoms with E-state index in [1.54, 1.807) is 0 Å². The molecule has 0 rings (SSSR count). The van der Waals surface area contributed by atoms with Gasteiger partial charge in [0.1, 0.15) is 12.1 Å². The maximum Gasteiger partial charge on any atom is 0.326 e. The molecule has 0 saturated heterocycles. The van der Waals surface area contributed by atoms with Gasteiger partial charge in [0.25, 0.3) is 0 Å². The summed E-state index contributed by atoms with van der Waals surface area (Å²) in [6.45, 7) is -1.58. The molecule has 0 aromatic carbocycles. The monoisotopic (exact) mass is 406 g/mol. The SMILES string of the molecule is NC(CCC(=O)O)C(=O)NCC(=O)NC(CO)C(=O)NC(CC(=O)O)C(=O)O. The number of nitrogens with two attached hydrogens (primary N) is 1. The highest BCUT2D eigenvalue weighted by Crippen LogP contribution is 1.96. The van der Waals surface area contributed by atoms with Gasteiger partial charge in [0.05, 0.1) is 25.6 Å². The van der Waals surface area contributed by atoms with Gasteiger partial charge in [-0.2, -0.15) is 0 Å². The molecule has 0 fully saturated rings. The highest BCUT2D eigenvalue weighted by atomic mass is 16.4. The number of hydrogen-bond donors (Lipinski definition) is 8. The van der Waals surface area contributed by atoms with Crippen LogP contribution in [0.2, 0.25) is 0 Å². The first-order chi connectivity index (χ1) is 13.0. The van der Waals surface area contributed by atoms with Gasteiger partial charge in [0.15, 0.2) is 0 Å². The zero-order valence-corrected chi connectivity index (χ0v) is 14.6. The van der Waals surface area contributed by atoms with Crippen LogP contribution in [0.1, 0.15) is 19.3 Å². The van der Waals surface area contributed by atoms with Gasteiger partial charge in [0, 0.05) is 6.42 Å². The van der Waals surface area contributed by atoms with Crippen molar-refractivity contribution >= 4 is 35.6 Å². The number of amides is 3.